The van der Waals surface area contributed by atoms with Crippen LogP contribution in [0.25, 0.3) is 11.3 Å². The van der Waals surface area contributed by atoms with Crippen molar-refractivity contribution in [2.45, 2.75) is 31.6 Å². The Morgan fingerprint density at radius 3 is 2.22 bits per heavy atom. The van der Waals surface area contributed by atoms with Crippen LogP contribution in [-0.4, -0.2) is 44.6 Å². The van der Waals surface area contributed by atoms with Crippen molar-refractivity contribution in [3.05, 3.63) is 50.6 Å². The summed E-state index contributed by atoms with van der Waals surface area (Å²) in [7, 11) is 1.22. The Hall–Kier alpha value is -1.56. The number of hydrogen-bond donors (Lipinski definition) is 0. The van der Waals surface area contributed by atoms with Crippen LogP contribution in [0.2, 0.25) is 10.0 Å². The second-order valence-corrected chi connectivity index (χ2v) is 11.3. The van der Waals surface area contributed by atoms with Crippen molar-refractivity contribution in [1.82, 2.24) is 8.87 Å². The second kappa shape index (κ2) is 13.3. The van der Waals surface area contributed by atoms with Gasteiger partial charge < -0.3 is 14.0 Å². The number of hydrogen-bond acceptors (Lipinski definition) is 6. The third-order valence-corrected chi connectivity index (χ3v) is 8.98. The SMILES string of the molecule is Br.CCCN(CCC)S(=O)(=O)c1cc(-c2csc(=Nc3cc(Cl)c(OC)cc3OC)n2C)ccc1Cl. The molecule has 0 aliphatic heterocycles. The summed E-state index contributed by atoms with van der Waals surface area (Å²) in [4.78, 5) is 5.51. The van der Waals surface area contributed by atoms with Crippen molar-refractivity contribution in [3.63, 3.8) is 0 Å². The topological polar surface area (TPSA) is 73.1 Å². The molecule has 0 radical (unpaired) electrons. The Morgan fingerprint density at radius 2 is 1.64 bits per heavy atom. The lowest BCUT2D eigenvalue weighted by molar-refractivity contribution is 0.395. The Balaban J connectivity index is 0.00000456. The van der Waals surface area contributed by atoms with Gasteiger partial charge in [-0.1, -0.05) is 43.1 Å². The number of nitrogens with zero attached hydrogens (tertiary/aromatic N) is 3. The summed E-state index contributed by atoms with van der Waals surface area (Å²) in [5.41, 5.74) is 2.08. The van der Waals surface area contributed by atoms with Crippen molar-refractivity contribution >= 4 is 67.2 Å². The summed E-state index contributed by atoms with van der Waals surface area (Å²) in [6.45, 7) is 4.80. The van der Waals surface area contributed by atoms with E-state index >= 15 is 0 Å². The molecule has 0 spiro atoms. The molecule has 0 amide bonds. The van der Waals surface area contributed by atoms with Crippen LogP contribution in [0.4, 0.5) is 5.69 Å². The fourth-order valence-electron chi connectivity index (χ4n) is 3.62. The quantitative estimate of drug-likeness (QED) is 0.248. The second-order valence-electron chi connectivity index (χ2n) is 7.78. The van der Waals surface area contributed by atoms with Crippen LogP contribution in [0.15, 0.2) is 45.6 Å². The molecule has 2 aromatic carbocycles. The molecule has 0 aliphatic carbocycles. The highest BCUT2D eigenvalue weighted by atomic mass is 79.9. The van der Waals surface area contributed by atoms with E-state index in [4.69, 9.17) is 37.7 Å². The van der Waals surface area contributed by atoms with Gasteiger partial charge in [-0.05, 0) is 31.0 Å². The van der Waals surface area contributed by atoms with E-state index in [9.17, 15) is 8.42 Å². The zero-order valence-electron chi connectivity index (χ0n) is 20.7. The summed E-state index contributed by atoms with van der Waals surface area (Å²) in [6.07, 6.45) is 1.44. The first-order chi connectivity index (χ1) is 16.7. The van der Waals surface area contributed by atoms with Crippen molar-refractivity contribution in [1.29, 1.82) is 0 Å². The standard InChI is InChI=1S/C24H29Cl2N3O4S2.BrH/c1-6-10-29(11-7-2)35(30,31)23-12-16(8-9-17(23)25)20-15-34-24(28(20)3)27-19-13-18(26)21(32-4)14-22(19)33-5;/h8-9,12-15H,6-7,10-11H2,1-5H3;1H. The molecule has 0 atom stereocenters. The molecule has 1 heterocycles. The maximum absolute atomic E-state index is 13.4. The third kappa shape index (κ3) is 6.46. The van der Waals surface area contributed by atoms with Crippen molar-refractivity contribution in [3.8, 4) is 22.8 Å². The van der Waals surface area contributed by atoms with E-state index in [2.05, 4.69) is 0 Å². The predicted molar refractivity (Wildman–Crippen MR) is 153 cm³/mol. The highest BCUT2D eigenvalue weighted by Gasteiger charge is 2.26. The monoisotopic (exact) mass is 637 g/mol. The molecule has 0 aliphatic rings. The molecule has 0 saturated carbocycles. The van der Waals surface area contributed by atoms with Gasteiger partial charge in [0.15, 0.2) is 4.80 Å². The molecule has 36 heavy (non-hydrogen) atoms. The molecule has 0 N–H and O–H groups in total. The molecule has 0 bridgehead atoms. The van der Waals surface area contributed by atoms with Crippen LogP contribution < -0.4 is 14.3 Å². The Labute approximate surface area is 237 Å². The number of methoxy groups -OCH3 is 2. The lowest BCUT2D eigenvalue weighted by Gasteiger charge is -2.22. The van der Waals surface area contributed by atoms with Gasteiger partial charge >= 0.3 is 0 Å². The van der Waals surface area contributed by atoms with Crippen LogP contribution in [0.1, 0.15) is 26.7 Å². The predicted octanol–water partition coefficient (Wildman–Crippen LogP) is 6.70. The van der Waals surface area contributed by atoms with Gasteiger partial charge in [0.25, 0.3) is 0 Å². The van der Waals surface area contributed by atoms with Crippen molar-refractivity contribution in [2.75, 3.05) is 27.3 Å². The van der Waals surface area contributed by atoms with E-state index in [0.29, 0.717) is 40.1 Å². The molecule has 0 unspecified atom stereocenters. The molecule has 12 heteroatoms. The number of benzene rings is 2. The average molecular weight is 639 g/mol. The van der Waals surface area contributed by atoms with Crippen LogP contribution in [0.5, 0.6) is 11.5 Å². The van der Waals surface area contributed by atoms with Crippen molar-refractivity contribution < 1.29 is 17.9 Å². The molecule has 0 saturated heterocycles. The summed E-state index contributed by atoms with van der Waals surface area (Å²) in [5.74, 6) is 1.02. The molecule has 7 nitrogen and oxygen atoms in total. The van der Waals surface area contributed by atoms with Gasteiger partial charge in [0.05, 0.1) is 30.0 Å². The van der Waals surface area contributed by atoms with Crippen LogP contribution >= 0.6 is 51.5 Å². The van der Waals surface area contributed by atoms with Crippen LogP contribution in [0, 0.1) is 0 Å². The molecule has 198 valence electrons. The third-order valence-electron chi connectivity index (χ3n) is 5.38. The Kier molecular flexibility index (Phi) is 11.3. The molecular weight excluding hydrogens is 609 g/mol. The van der Waals surface area contributed by atoms with Gasteiger partial charge in [-0.15, -0.1) is 28.3 Å². The number of sulfonamides is 1. The number of ether oxygens (including phenoxy) is 2. The fourth-order valence-corrected chi connectivity index (χ4v) is 6.90. The normalized spacial score (nSPS) is 12.1. The lowest BCUT2D eigenvalue weighted by atomic mass is 10.2. The number of rotatable bonds is 10. The summed E-state index contributed by atoms with van der Waals surface area (Å²) >= 11 is 14.1. The van der Waals surface area contributed by atoms with E-state index in [0.717, 1.165) is 24.1 Å². The zero-order valence-corrected chi connectivity index (χ0v) is 25.6. The number of halogens is 3. The average Bonchev–Trinajstić information content (AvgIpc) is 3.19. The molecule has 0 fully saturated rings. The van der Waals surface area contributed by atoms with Gasteiger partial charge in [-0.3, -0.25) is 0 Å². The van der Waals surface area contributed by atoms with E-state index in [1.165, 1.54) is 22.8 Å². The van der Waals surface area contributed by atoms with Crippen molar-refractivity contribution in [2.24, 2.45) is 12.0 Å². The van der Waals surface area contributed by atoms with Gasteiger partial charge in [-0.25, -0.2) is 13.4 Å². The van der Waals surface area contributed by atoms with E-state index in [1.807, 2.05) is 36.9 Å². The molecule has 3 rings (SSSR count). The maximum Gasteiger partial charge on any atom is 0.244 e. The van der Waals surface area contributed by atoms with Gasteiger partial charge in [-0.2, -0.15) is 4.31 Å². The first-order valence-electron chi connectivity index (χ1n) is 11.1. The van der Waals surface area contributed by atoms with E-state index in [1.54, 1.807) is 31.4 Å². The highest BCUT2D eigenvalue weighted by Crippen LogP contribution is 2.37. The van der Waals surface area contributed by atoms with Gasteiger partial charge in [0, 0.05) is 37.1 Å². The summed E-state index contributed by atoms with van der Waals surface area (Å²) in [6, 6.07) is 8.43. The van der Waals surface area contributed by atoms with E-state index in [-0.39, 0.29) is 26.9 Å². The van der Waals surface area contributed by atoms with Crippen LogP contribution in [-0.2, 0) is 17.1 Å². The van der Waals surface area contributed by atoms with E-state index < -0.39 is 10.0 Å². The molecule has 3 aromatic rings. The fraction of sp³-hybridized carbons (Fsp3) is 0.375. The summed E-state index contributed by atoms with van der Waals surface area (Å²) < 4.78 is 40.9. The smallest absolute Gasteiger partial charge is 0.244 e. The number of thiazole rings is 1. The van der Waals surface area contributed by atoms with Gasteiger partial charge in [0.2, 0.25) is 10.0 Å². The Bertz CT molecular complexity index is 1370. The Morgan fingerprint density at radius 1 is 1.00 bits per heavy atom. The minimum atomic E-state index is -3.73. The van der Waals surface area contributed by atoms with Crippen LogP contribution in [0.3, 0.4) is 0 Å². The first kappa shape index (κ1) is 30.7. The first-order valence-corrected chi connectivity index (χ1v) is 14.2. The minimum absolute atomic E-state index is 0. The minimum Gasteiger partial charge on any atom is -0.495 e. The maximum atomic E-state index is 13.4. The lowest BCUT2D eigenvalue weighted by Crippen LogP contribution is -2.32. The largest absolute Gasteiger partial charge is 0.495 e. The highest BCUT2D eigenvalue weighted by molar-refractivity contribution is 8.93. The zero-order chi connectivity index (χ0) is 25.8. The molecular formula is C24H30BrCl2N3O4S2. The molecule has 1 aromatic heterocycles. The summed E-state index contributed by atoms with van der Waals surface area (Å²) in [5, 5.41) is 2.54. The number of aromatic nitrogens is 1. The van der Waals surface area contributed by atoms with Gasteiger partial charge in [0.1, 0.15) is 22.1 Å².